The van der Waals surface area contributed by atoms with Crippen molar-refractivity contribution in [2.75, 3.05) is 33.0 Å². The predicted molar refractivity (Wildman–Crippen MR) is 101 cm³/mol. The first-order valence-electron chi connectivity index (χ1n) is 8.89. The second-order valence-electron chi connectivity index (χ2n) is 5.95. The topological polar surface area (TPSA) is 52.8 Å². The van der Waals surface area contributed by atoms with E-state index in [0.29, 0.717) is 33.0 Å². The Labute approximate surface area is 153 Å². The number of rotatable bonds is 11. The van der Waals surface area contributed by atoms with Crippen molar-refractivity contribution in [2.45, 2.75) is 13.2 Å². The summed E-state index contributed by atoms with van der Waals surface area (Å²) in [5, 5.41) is 9.78. The van der Waals surface area contributed by atoms with Gasteiger partial charge in [-0.15, -0.1) is 0 Å². The van der Waals surface area contributed by atoms with Gasteiger partial charge in [0.05, 0.1) is 33.0 Å². The van der Waals surface area contributed by atoms with E-state index in [1.165, 1.54) is 0 Å². The van der Waals surface area contributed by atoms with Crippen LogP contribution in [0.4, 0.5) is 0 Å². The van der Waals surface area contributed by atoms with Crippen molar-refractivity contribution in [3.63, 3.8) is 0 Å². The summed E-state index contributed by atoms with van der Waals surface area (Å²) in [6.07, 6.45) is 2.07. The number of fused-ring (bicyclic) bond motifs is 1. The highest BCUT2D eigenvalue weighted by Crippen LogP contribution is 2.22. The molecule has 0 aliphatic rings. The molecule has 5 nitrogen and oxygen atoms in total. The third-order valence-electron chi connectivity index (χ3n) is 4.07. The molecule has 3 aromatic rings. The van der Waals surface area contributed by atoms with Gasteiger partial charge in [0, 0.05) is 23.6 Å². The highest BCUT2D eigenvalue weighted by molar-refractivity contribution is 5.81. The summed E-state index contributed by atoms with van der Waals surface area (Å²) in [7, 11) is 0. The smallest absolute Gasteiger partial charge is 0.120 e. The lowest BCUT2D eigenvalue weighted by Crippen LogP contribution is -2.10. The third-order valence-corrected chi connectivity index (χ3v) is 4.07. The summed E-state index contributed by atoms with van der Waals surface area (Å²) in [6, 6.07) is 18.4. The number of ether oxygens (including phenoxy) is 3. The Balaban J connectivity index is 1.49. The maximum atomic E-state index is 8.63. The van der Waals surface area contributed by atoms with Crippen LogP contribution in [0.5, 0.6) is 5.75 Å². The molecule has 0 unspecified atom stereocenters. The van der Waals surface area contributed by atoms with Crippen LogP contribution in [0.25, 0.3) is 10.9 Å². The molecular weight excluding hydrogens is 330 g/mol. The summed E-state index contributed by atoms with van der Waals surface area (Å²) >= 11 is 0. The molecule has 0 spiro atoms. The van der Waals surface area contributed by atoms with E-state index < -0.39 is 0 Å². The van der Waals surface area contributed by atoms with Gasteiger partial charge in [0.1, 0.15) is 12.4 Å². The molecule has 0 saturated heterocycles. The second kappa shape index (κ2) is 9.97. The van der Waals surface area contributed by atoms with Crippen LogP contribution in [0, 0.1) is 0 Å². The van der Waals surface area contributed by atoms with E-state index in [0.717, 1.165) is 28.8 Å². The van der Waals surface area contributed by atoms with Crippen molar-refractivity contribution >= 4 is 10.9 Å². The number of hydrogen-bond donors (Lipinski definition) is 1. The number of hydrogen-bond acceptors (Lipinski definition) is 4. The largest absolute Gasteiger partial charge is 0.489 e. The molecule has 0 saturated carbocycles. The number of aliphatic hydroxyl groups is 1. The molecule has 1 heterocycles. The van der Waals surface area contributed by atoms with E-state index in [4.69, 9.17) is 19.3 Å². The maximum Gasteiger partial charge on any atom is 0.120 e. The van der Waals surface area contributed by atoms with Crippen LogP contribution in [0.15, 0.2) is 60.8 Å². The van der Waals surface area contributed by atoms with Gasteiger partial charge >= 0.3 is 0 Å². The van der Waals surface area contributed by atoms with Crippen molar-refractivity contribution in [3.8, 4) is 5.75 Å². The Kier molecular flexibility index (Phi) is 7.07. The average molecular weight is 355 g/mol. The zero-order valence-corrected chi connectivity index (χ0v) is 14.8. The lowest BCUT2D eigenvalue weighted by molar-refractivity contribution is 0.0312. The molecule has 1 aromatic heterocycles. The Morgan fingerprint density at radius 3 is 2.46 bits per heavy atom. The van der Waals surface area contributed by atoms with E-state index in [-0.39, 0.29) is 6.61 Å². The molecule has 0 atom stereocenters. The van der Waals surface area contributed by atoms with Gasteiger partial charge in [-0.05, 0) is 29.8 Å². The fraction of sp³-hybridized carbons (Fsp3) is 0.333. The number of benzene rings is 2. The quantitative estimate of drug-likeness (QED) is 0.537. The SMILES string of the molecule is OCCOCCOCCn1ccc2cc(OCc3ccccc3)ccc21. The van der Waals surface area contributed by atoms with Crippen LogP contribution in [0.3, 0.4) is 0 Å². The monoisotopic (exact) mass is 355 g/mol. The van der Waals surface area contributed by atoms with Gasteiger partial charge in [0.2, 0.25) is 0 Å². The summed E-state index contributed by atoms with van der Waals surface area (Å²) in [5.41, 5.74) is 2.32. The van der Waals surface area contributed by atoms with Crippen LogP contribution < -0.4 is 4.74 Å². The molecule has 138 valence electrons. The zero-order chi connectivity index (χ0) is 18.0. The van der Waals surface area contributed by atoms with Gasteiger partial charge in [-0.3, -0.25) is 0 Å². The maximum absolute atomic E-state index is 8.63. The minimum absolute atomic E-state index is 0.0480. The normalized spacial score (nSPS) is 11.1. The first-order valence-corrected chi connectivity index (χ1v) is 8.89. The number of aromatic nitrogens is 1. The van der Waals surface area contributed by atoms with Crippen LogP contribution in [0.1, 0.15) is 5.56 Å². The fourth-order valence-electron chi connectivity index (χ4n) is 2.75. The lowest BCUT2D eigenvalue weighted by atomic mass is 10.2. The van der Waals surface area contributed by atoms with E-state index in [1.54, 1.807) is 0 Å². The first kappa shape index (κ1) is 18.5. The molecule has 0 amide bonds. The minimum Gasteiger partial charge on any atom is -0.489 e. The third kappa shape index (κ3) is 5.33. The fourth-order valence-corrected chi connectivity index (χ4v) is 2.75. The zero-order valence-electron chi connectivity index (χ0n) is 14.8. The molecule has 2 aromatic carbocycles. The van der Waals surface area contributed by atoms with E-state index >= 15 is 0 Å². The molecule has 5 heteroatoms. The molecule has 3 rings (SSSR count). The van der Waals surface area contributed by atoms with Gasteiger partial charge in [-0.1, -0.05) is 30.3 Å². The lowest BCUT2D eigenvalue weighted by Gasteiger charge is -2.09. The van der Waals surface area contributed by atoms with Crippen LogP contribution >= 0.6 is 0 Å². The van der Waals surface area contributed by atoms with Gasteiger partial charge in [-0.2, -0.15) is 0 Å². The average Bonchev–Trinajstić information content (AvgIpc) is 3.09. The molecule has 0 aliphatic heterocycles. The molecule has 0 fully saturated rings. The summed E-state index contributed by atoms with van der Waals surface area (Å²) < 4.78 is 18.8. The Hall–Kier alpha value is -2.34. The summed E-state index contributed by atoms with van der Waals surface area (Å²) in [4.78, 5) is 0. The summed E-state index contributed by atoms with van der Waals surface area (Å²) in [5.74, 6) is 0.872. The summed E-state index contributed by atoms with van der Waals surface area (Å²) in [6.45, 7) is 3.43. The highest BCUT2D eigenvalue weighted by atomic mass is 16.5. The Morgan fingerprint density at radius 2 is 1.65 bits per heavy atom. The van der Waals surface area contributed by atoms with E-state index in [1.807, 2.05) is 24.3 Å². The van der Waals surface area contributed by atoms with Gasteiger partial charge in [-0.25, -0.2) is 0 Å². The van der Waals surface area contributed by atoms with Crippen LogP contribution in [0.2, 0.25) is 0 Å². The van der Waals surface area contributed by atoms with Crippen LogP contribution in [-0.4, -0.2) is 42.7 Å². The second-order valence-corrected chi connectivity index (χ2v) is 5.95. The predicted octanol–water partition coefficient (Wildman–Crippen LogP) is 3.25. The molecule has 0 aliphatic carbocycles. The standard InChI is InChI=1S/C21H25NO4/c23-11-13-25-15-14-24-12-10-22-9-8-19-16-20(6-7-21(19)22)26-17-18-4-2-1-3-5-18/h1-9,16,23H,10-15,17H2. The Morgan fingerprint density at radius 1 is 0.846 bits per heavy atom. The van der Waals surface area contributed by atoms with Gasteiger partial charge < -0.3 is 23.9 Å². The van der Waals surface area contributed by atoms with Crippen molar-refractivity contribution in [2.24, 2.45) is 0 Å². The molecule has 1 N–H and O–H groups in total. The van der Waals surface area contributed by atoms with Crippen molar-refractivity contribution < 1.29 is 19.3 Å². The molecule has 26 heavy (non-hydrogen) atoms. The van der Waals surface area contributed by atoms with Gasteiger partial charge in [0.15, 0.2) is 0 Å². The molecule has 0 radical (unpaired) electrons. The van der Waals surface area contributed by atoms with E-state index in [2.05, 4.69) is 41.1 Å². The van der Waals surface area contributed by atoms with Crippen molar-refractivity contribution in [1.29, 1.82) is 0 Å². The molecule has 0 bridgehead atoms. The number of nitrogens with zero attached hydrogens (tertiary/aromatic N) is 1. The van der Waals surface area contributed by atoms with E-state index in [9.17, 15) is 0 Å². The first-order chi connectivity index (χ1) is 12.9. The van der Waals surface area contributed by atoms with Crippen LogP contribution in [-0.2, 0) is 22.6 Å². The van der Waals surface area contributed by atoms with Crippen molar-refractivity contribution in [1.82, 2.24) is 4.57 Å². The Bertz CT molecular complexity index is 785. The minimum atomic E-state index is 0.0480. The number of aliphatic hydroxyl groups excluding tert-OH is 1. The van der Waals surface area contributed by atoms with Gasteiger partial charge in [0.25, 0.3) is 0 Å². The molecular formula is C21H25NO4. The van der Waals surface area contributed by atoms with Crippen molar-refractivity contribution in [3.05, 3.63) is 66.4 Å². The highest BCUT2D eigenvalue weighted by Gasteiger charge is 2.03.